The van der Waals surface area contributed by atoms with Gasteiger partial charge in [-0.1, -0.05) is 45.0 Å². The van der Waals surface area contributed by atoms with Gasteiger partial charge in [-0.15, -0.1) is 0 Å². The van der Waals surface area contributed by atoms with E-state index in [1.54, 1.807) is 0 Å². The quantitative estimate of drug-likeness (QED) is 0.823. The molecule has 1 heterocycles. The van der Waals surface area contributed by atoms with Crippen molar-refractivity contribution in [3.8, 4) is 0 Å². The van der Waals surface area contributed by atoms with Crippen LogP contribution in [0.1, 0.15) is 50.9 Å². The molecule has 1 aliphatic rings. The molecule has 1 N–H and O–H groups in total. The van der Waals surface area contributed by atoms with Gasteiger partial charge in [-0.2, -0.15) is 0 Å². The molecule has 17 heavy (non-hydrogen) atoms. The molecule has 1 aromatic rings. The Morgan fingerprint density at radius 2 is 1.88 bits per heavy atom. The molecule has 0 amide bonds. The van der Waals surface area contributed by atoms with Crippen LogP contribution in [0, 0.1) is 0 Å². The highest BCUT2D eigenvalue weighted by molar-refractivity contribution is 5.29. The summed E-state index contributed by atoms with van der Waals surface area (Å²) in [5, 5.41) is 3.22. The first-order valence-electron chi connectivity index (χ1n) is 6.46. The third-order valence-electron chi connectivity index (χ3n) is 3.55. The summed E-state index contributed by atoms with van der Waals surface area (Å²) in [5.74, 6) is 0. The van der Waals surface area contributed by atoms with Crippen LogP contribution in [0.2, 0.25) is 0 Å². The van der Waals surface area contributed by atoms with E-state index >= 15 is 0 Å². The molecule has 1 aliphatic heterocycles. The molecule has 1 fully saturated rings. The topological polar surface area (TPSA) is 12.0 Å². The Bertz CT molecular complexity index is 358. The fourth-order valence-electron chi connectivity index (χ4n) is 2.36. The van der Waals surface area contributed by atoms with E-state index in [9.17, 15) is 4.39 Å². The second kappa shape index (κ2) is 4.77. The van der Waals surface area contributed by atoms with Gasteiger partial charge in [0.15, 0.2) is 0 Å². The van der Waals surface area contributed by atoms with Gasteiger partial charge in [0.2, 0.25) is 0 Å². The number of benzene rings is 1. The fraction of sp³-hybridized carbons (Fsp3) is 0.600. The first kappa shape index (κ1) is 12.6. The third kappa shape index (κ3) is 2.86. The SMILES string of the molecule is CC(C)(C)c1ccc(C(F)C2CCCN2)cc1. The number of alkyl halides is 1. The number of nitrogens with one attached hydrogen (secondary N) is 1. The van der Waals surface area contributed by atoms with Crippen molar-refractivity contribution in [2.24, 2.45) is 0 Å². The molecule has 0 radical (unpaired) electrons. The van der Waals surface area contributed by atoms with E-state index in [0.717, 1.165) is 24.9 Å². The Labute approximate surface area is 103 Å². The van der Waals surface area contributed by atoms with Crippen molar-refractivity contribution in [3.05, 3.63) is 35.4 Å². The summed E-state index contributed by atoms with van der Waals surface area (Å²) in [6.07, 6.45) is 1.17. The van der Waals surface area contributed by atoms with Gasteiger partial charge >= 0.3 is 0 Å². The largest absolute Gasteiger partial charge is 0.311 e. The van der Waals surface area contributed by atoms with E-state index in [1.807, 2.05) is 12.1 Å². The van der Waals surface area contributed by atoms with Crippen LogP contribution in [0.3, 0.4) is 0 Å². The van der Waals surface area contributed by atoms with Crippen LogP contribution < -0.4 is 5.32 Å². The number of halogens is 1. The minimum absolute atomic E-state index is 0.00971. The zero-order valence-corrected chi connectivity index (χ0v) is 11.0. The van der Waals surface area contributed by atoms with E-state index in [0.29, 0.717) is 0 Å². The van der Waals surface area contributed by atoms with Crippen molar-refractivity contribution >= 4 is 0 Å². The second-order valence-corrected chi connectivity index (χ2v) is 5.98. The van der Waals surface area contributed by atoms with Crippen LogP contribution in [0.5, 0.6) is 0 Å². The predicted molar refractivity (Wildman–Crippen MR) is 70.0 cm³/mol. The molecule has 0 bridgehead atoms. The molecule has 1 nitrogen and oxygen atoms in total. The molecule has 0 saturated carbocycles. The van der Waals surface area contributed by atoms with Crippen molar-refractivity contribution in [1.82, 2.24) is 5.32 Å². The summed E-state index contributed by atoms with van der Waals surface area (Å²) in [4.78, 5) is 0. The van der Waals surface area contributed by atoms with Crippen LogP contribution in [0.25, 0.3) is 0 Å². The van der Waals surface area contributed by atoms with Gasteiger partial charge in [0.1, 0.15) is 6.17 Å². The average molecular weight is 235 g/mol. The first-order chi connectivity index (χ1) is 7.98. The maximum absolute atomic E-state index is 14.2. The van der Waals surface area contributed by atoms with Gasteiger partial charge in [-0.3, -0.25) is 0 Å². The molecule has 0 aromatic heterocycles. The van der Waals surface area contributed by atoms with Crippen molar-refractivity contribution in [2.75, 3.05) is 6.54 Å². The molecule has 0 aliphatic carbocycles. The molecular formula is C15H22FN. The predicted octanol–water partition coefficient (Wildman–Crippen LogP) is 3.75. The Morgan fingerprint density at radius 3 is 2.35 bits per heavy atom. The van der Waals surface area contributed by atoms with E-state index in [2.05, 4.69) is 38.2 Å². The Morgan fingerprint density at radius 1 is 1.24 bits per heavy atom. The van der Waals surface area contributed by atoms with E-state index in [4.69, 9.17) is 0 Å². The van der Waals surface area contributed by atoms with Gasteiger partial charge < -0.3 is 5.32 Å². The molecule has 1 saturated heterocycles. The Hall–Kier alpha value is -0.890. The number of rotatable bonds is 2. The fourth-order valence-corrected chi connectivity index (χ4v) is 2.36. The summed E-state index contributed by atoms with van der Waals surface area (Å²) >= 11 is 0. The van der Waals surface area contributed by atoms with Crippen molar-refractivity contribution in [2.45, 2.75) is 51.2 Å². The van der Waals surface area contributed by atoms with Crippen molar-refractivity contribution < 1.29 is 4.39 Å². The normalized spacial score (nSPS) is 22.7. The van der Waals surface area contributed by atoms with Crippen LogP contribution >= 0.6 is 0 Å². The summed E-state index contributed by atoms with van der Waals surface area (Å²) in [6.45, 7) is 7.47. The lowest BCUT2D eigenvalue weighted by atomic mass is 9.86. The first-order valence-corrected chi connectivity index (χ1v) is 6.46. The lowest BCUT2D eigenvalue weighted by molar-refractivity contribution is 0.271. The molecule has 2 heteroatoms. The number of hydrogen-bond acceptors (Lipinski definition) is 1. The highest BCUT2D eigenvalue weighted by Gasteiger charge is 2.25. The van der Waals surface area contributed by atoms with Crippen LogP contribution in [0.15, 0.2) is 24.3 Å². The Balaban J connectivity index is 2.12. The van der Waals surface area contributed by atoms with E-state index in [-0.39, 0.29) is 11.5 Å². The summed E-state index contributed by atoms with van der Waals surface area (Å²) < 4.78 is 14.2. The summed E-state index contributed by atoms with van der Waals surface area (Å²) in [5.41, 5.74) is 2.20. The minimum atomic E-state index is -0.869. The molecule has 2 unspecified atom stereocenters. The van der Waals surface area contributed by atoms with E-state index in [1.165, 1.54) is 5.56 Å². The Kier molecular flexibility index (Phi) is 3.53. The van der Waals surface area contributed by atoms with E-state index < -0.39 is 6.17 Å². The molecule has 0 spiro atoms. The highest BCUT2D eigenvalue weighted by atomic mass is 19.1. The van der Waals surface area contributed by atoms with Crippen LogP contribution in [0.4, 0.5) is 4.39 Å². The maximum atomic E-state index is 14.2. The molecule has 2 atom stereocenters. The van der Waals surface area contributed by atoms with Gasteiger partial charge in [0, 0.05) is 6.04 Å². The maximum Gasteiger partial charge on any atom is 0.140 e. The minimum Gasteiger partial charge on any atom is -0.311 e. The lowest BCUT2D eigenvalue weighted by Crippen LogP contribution is -2.26. The van der Waals surface area contributed by atoms with Crippen molar-refractivity contribution in [1.29, 1.82) is 0 Å². The lowest BCUT2D eigenvalue weighted by Gasteiger charge is -2.21. The standard InChI is InChI=1S/C15H22FN/c1-15(2,3)12-8-6-11(7-9-12)14(16)13-5-4-10-17-13/h6-9,13-14,17H,4-5,10H2,1-3H3. The third-order valence-corrected chi connectivity index (χ3v) is 3.55. The monoisotopic (exact) mass is 235 g/mol. The van der Waals surface area contributed by atoms with Crippen molar-refractivity contribution in [3.63, 3.8) is 0 Å². The smallest absolute Gasteiger partial charge is 0.140 e. The molecule has 2 rings (SSSR count). The zero-order valence-electron chi connectivity index (χ0n) is 11.0. The van der Waals surface area contributed by atoms with Gasteiger partial charge in [0.05, 0.1) is 0 Å². The summed E-state index contributed by atoms with van der Waals surface area (Å²) in [7, 11) is 0. The molecular weight excluding hydrogens is 213 g/mol. The molecule has 94 valence electrons. The number of hydrogen-bond donors (Lipinski definition) is 1. The zero-order chi connectivity index (χ0) is 12.5. The van der Waals surface area contributed by atoms with Crippen LogP contribution in [-0.4, -0.2) is 12.6 Å². The highest BCUT2D eigenvalue weighted by Crippen LogP contribution is 2.29. The second-order valence-electron chi connectivity index (χ2n) is 5.98. The average Bonchev–Trinajstić information content (AvgIpc) is 2.80. The molecule has 1 aromatic carbocycles. The van der Waals surface area contributed by atoms with Crippen LogP contribution in [-0.2, 0) is 5.41 Å². The summed E-state index contributed by atoms with van der Waals surface area (Å²) in [6, 6.07) is 7.99. The van der Waals surface area contributed by atoms with Gasteiger partial charge in [-0.05, 0) is 35.9 Å². The van der Waals surface area contributed by atoms with Gasteiger partial charge in [0.25, 0.3) is 0 Å². The van der Waals surface area contributed by atoms with Gasteiger partial charge in [-0.25, -0.2) is 4.39 Å².